The van der Waals surface area contributed by atoms with Gasteiger partial charge in [-0.1, -0.05) is 0 Å². The van der Waals surface area contributed by atoms with Gasteiger partial charge < -0.3 is 0 Å². The van der Waals surface area contributed by atoms with Crippen molar-refractivity contribution in [2.75, 3.05) is 0 Å². The minimum atomic E-state index is -1.01. The van der Waals surface area contributed by atoms with Gasteiger partial charge in [0, 0.05) is 12.1 Å². The van der Waals surface area contributed by atoms with Crippen LogP contribution in [0.5, 0.6) is 0 Å². The second kappa shape index (κ2) is 4.51. The third-order valence-corrected chi connectivity index (χ3v) is 2.06. The minimum absolute atomic E-state index is 0.283. The molecule has 1 rings (SSSR count). The third-order valence-electron chi connectivity index (χ3n) is 2.06. The molecule has 0 N–H and O–H groups in total. The Balaban J connectivity index is 3.67. The van der Waals surface area contributed by atoms with E-state index in [9.17, 15) is 30.3 Å². The topological polar surface area (TPSA) is 129 Å². The molecular formula is C8H6N3O6. The maximum absolute atomic E-state index is 10.7. The lowest BCUT2D eigenvalue weighted by atomic mass is 10.1. The standard InChI is InChI=1S/C8H6N3O6/c1-2-5-6(9(12)13)3-4-7(10(14)15)8(5)11(16)17/h3-4H,1-2H2. The van der Waals surface area contributed by atoms with Crippen LogP contribution in [-0.2, 0) is 6.42 Å². The summed E-state index contributed by atoms with van der Waals surface area (Å²) in [6, 6.07) is 1.61. The van der Waals surface area contributed by atoms with E-state index < -0.39 is 31.8 Å². The molecule has 0 fully saturated rings. The van der Waals surface area contributed by atoms with Gasteiger partial charge in [-0.3, -0.25) is 30.3 Å². The van der Waals surface area contributed by atoms with Crippen LogP contribution in [0.3, 0.4) is 0 Å². The number of nitro groups is 3. The first-order chi connectivity index (χ1) is 7.90. The fourth-order valence-electron chi connectivity index (χ4n) is 1.38. The van der Waals surface area contributed by atoms with Gasteiger partial charge in [-0.15, -0.1) is 0 Å². The monoisotopic (exact) mass is 240 g/mol. The molecule has 17 heavy (non-hydrogen) atoms. The summed E-state index contributed by atoms with van der Waals surface area (Å²) < 4.78 is 0. The largest absolute Gasteiger partial charge is 0.356 e. The lowest BCUT2D eigenvalue weighted by Gasteiger charge is -2.01. The van der Waals surface area contributed by atoms with Crippen LogP contribution in [-0.4, -0.2) is 14.8 Å². The van der Waals surface area contributed by atoms with Crippen LogP contribution >= 0.6 is 0 Å². The first-order valence-electron chi connectivity index (χ1n) is 4.28. The molecule has 0 aliphatic carbocycles. The molecule has 0 bridgehead atoms. The summed E-state index contributed by atoms with van der Waals surface area (Å²) in [5.41, 5.74) is -2.55. The van der Waals surface area contributed by atoms with Crippen molar-refractivity contribution in [1.82, 2.24) is 0 Å². The molecule has 0 aliphatic heterocycles. The van der Waals surface area contributed by atoms with Gasteiger partial charge in [0.15, 0.2) is 0 Å². The van der Waals surface area contributed by atoms with Crippen LogP contribution in [0.1, 0.15) is 5.56 Å². The van der Waals surface area contributed by atoms with Crippen molar-refractivity contribution in [1.29, 1.82) is 0 Å². The zero-order valence-corrected chi connectivity index (χ0v) is 8.36. The number of hydrogen-bond donors (Lipinski definition) is 0. The third kappa shape index (κ3) is 2.17. The molecule has 0 saturated heterocycles. The Morgan fingerprint density at radius 2 is 1.41 bits per heavy atom. The molecule has 9 nitrogen and oxygen atoms in total. The predicted octanol–water partition coefficient (Wildman–Crippen LogP) is 1.79. The molecule has 89 valence electrons. The van der Waals surface area contributed by atoms with Crippen LogP contribution in [0.15, 0.2) is 12.1 Å². The maximum atomic E-state index is 10.7. The molecule has 0 aromatic heterocycles. The molecule has 0 saturated carbocycles. The van der Waals surface area contributed by atoms with E-state index in [4.69, 9.17) is 0 Å². The average Bonchev–Trinajstić information content (AvgIpc) is 2.26. The average molecular weight is 240 g/mol. The number of rotatable bonds is 4. The van der Waals surface area contributed by atoms with Crippen molar-refractivity contribution < 1.29 is 14.8 Å². The van der Waals surface area contributed by atoms with Gasteiger partial charge in [0.05, 0.1) is 14.8 Å². The molecular weight excluding hydrogens is 234 g/mol. The Morgan fingerprint density at radius 1 is 0.941 bits per heavy atom. The van der Waals surface area contributed by atoms with E-state index in [0.29, 0.717) is 0 Å². The molecule has 1 aromatic rings. The van der Waals surface area contributed by atoms with E-state index in [1.54, 1.807) is 0 Å². The molecule has 0 unspecified atom stereocenters. The molecule has 9 heteroatoms. The van der Waals surface area contributed by atoms with E-state index >= 15 is 0 Å². The highest BCUT2D eigenvalue weighted by Crippen LogP contribution is 2.36. The highest BCUT2D eigenvalue weighted by atomic mass is 16.6. The SMILES string of the molecule is [CH2]Cc1c([N+](=O)[O-])ccc([N+](=O)[O-])c1[N+](=O)[O-]. The van der Waals surface area contributed by atoms with Crippen LogP contribution in [0.4, 0.5) is 17.1 Å². The van der Waals surface area contributed by atoms with Gasteiger partial charge in [0.25, 0.3) is 5.69 Å². The van der Waals surface area contributed by atoms with Crippen molar-refractivity contribution in [2.45, 2.75) is 6.42 Å². The summed E-state index contributed by atoms with van der Waals surface area (Å²) in [5, 5.41) is 31.9. The molecule has 0 heterocycles. The van der Waals surface area contributed by atoms with Crippen LogP contribution in [0.25, 0.3) is 0 Å². The minimum Gasteiger partial charge on any atom is -0.258 e. The number of nitrogens with zero attached hydrogens (tertiary/aromatic N) is 3. The van der Waals surface area contributed by atoms with Crippen molar-refractivity contribution in [3.8, 4) is 0 Å². The van der Waals surface area contributed by atoms with Gasteiger partial charge in [-0.25, -0.2) is 0 Å². The number of benzene rings is 1. The van der Waals surface area contributed by atoms with E-state index in [1.807, 2.05) is 0 Å². The van der Waals surface area contributed by atoms with Crippen LogP contribution in [0.2, 0.25) is 0 Å². The summed E-state index contributed by atoms with van der Waals surface area (Å²) in [6.45, 7) is 3.31. The molecule has 0 aliphatic rings. The smallest absolute Gasteiger partial charge is 0.258 e. The fourth-order valence-corrected chi connectivity index (χ4v) is 1.38. The van der Waals surface area contributed by atoms with E-state index in [0.717, 1.165) is 12.1 Å². The highest BCUT2D eigenvalue weighted by molar-refractivity contribution is 5.65. The Hall–Kier alpha value is -2.58. The summed E-state index contributed by atoms with van der Waals surface area (Å²) in [5.74, 6) is 0. The first-order valence-corrected chi connectivity index (χ1v) is 4.28. The number of nitro benzene ring substituents is 3. The Labute approximate surface area is 94.1 Å². The van der Waals surface area contributed by atoms with Gasteiger partial charge in [-0.2, -0.15) is 0 Å². The Kier molecular flexibility index (Phi) is 3.31. The second-order valence-corrected chi connectivity index (χ2v) is 2.95. The quantitative estimate of drug-likeness (QED) is 0.582. The van der Waals surface area contributed by atoms with Crippen LogP contribution in [0, 0.1) is 37.3 Å². The molecule has 0 amide bonds. The lowest BCUT2D eigenvalue weighted by molar-refractivity contribution is -0.425. The van der Waals surface area contributed by atoms with Gasteiger partial charge in [0.1, 0.15) is 5.56 Å². The summed E-state index contributed by atoms with van der Waals surface area (Å²) in [4.78, 5) is 29.1. The summed E-state index contributed by atoms with van der Waals surface area (Å²) in [6.07, 6.45) is -0.283. The maximum Gasteiger partial charge on any atom is 0.356 e. The Bertz CT molecular complexity index is 512. The normalized spacial score (nSPS) is 9.94. The fraction of sp³-hybridized carbons (Fsp3) is 0.125. The lowest BCUT2D eigenvalue weighted by Crippen LogP contribution is -2.04. The summed E-state index contributed by atoms with van der Waals surface area (Å²) >= 11 is 0. The van der Waals surface area contributed by atoms with Gasteiger partial charge in [0.2, 0.25) is 0 Å². The van der Waals surface area contributed by atoms with Crippen molar-refractivity contribution in [3.05, 3.63) is 55.0 Å². The zero-order valence-electron chi connectivity index (χ0n) is 8.36. The van der Waals surface area contributed by atoms with Crippen LogP contribution < -0.4 is 0 Å². The predicted molar refractivity (Wildman–Crippen MR) is 55.5 cm³/mol. The highest BCUT2D eigenvalue weighted by Gasteiger charge is 2.33. The van der Waals surface area contributed by atoms with Crippen molar-refractivity contribution >= 4 is 17.1 Å². The van der Waals surface area contributed by atoms with Gasteiger partial charge >= 0.3 is 11.4 Å². The van der Waals surface area contributed by atoms with Gasteiger partial charge in [-0.05, 0) is 13.3 Å². The van der Waals surface area contributed by atoms with E-state index in [-0.39, 0.29) is 12.0 Å². The van der Waals surface area contributed by atoms with E-state index in [2.05, 4.69) is 6.92 Å². The molecule has 0 atom stereocenters. The second-order valence-electron chi connectivity index (χ2n) is 2.95. The molecule has 0 spiro atoms. The molecule has 1 radical (unpaired) electrons. The van der Waals surface area contributed by atoms with E-state index in [1.165, 1.54) is 0 Å². The molecule has 1 aromatic carbocycles. The number of hydrogen-bond acceptors (Lipinski definition) is 6. The zero-order chi connectivity index (χ0) is 13.2. The summed E-state index contributed by atoms with van der Waals surface area (Å²) in [7, 11) is 0. The first kappa shape index (κ1) is 12.5. The van der Waals surface area contributed by atoms with Crippen molar-refractivity contribution in [3.63, 3.8) is 0 Å². The Morgan fingerprint density at radius 3 is 1.76 bits per heavy atom. The van der Waals surface area contributed by atoms with Crippen molar-refractivity contribution in [2.24, 2.45) is 0 Å².